The highest BCUT2D eigenvalue weighted by molar-refractivity contribution is 7.44. The van der Waals surface area contributed by atoms with Crippen LogP contribution in [0.5, 0.6) is 0 Å². The van der Waals surface area contributed by atoms with Gasteiger partial charge in [-0.1, -0.05) is 32.3 Å². The van der Waals surface area contributed by atoms with E-state index in [-0.39, 0.29) is 12.7 Å². The molecule has 0 aromatic rings. The average Bonchev–Trinajstić information content (AvgIpc) is 2.44. The van der Waals surface area contributed by atoms with Gasteiger partial charge in [0.05, 0.1) is 19.3 Å². The minimum Gasteiger partial charge on any atom is -0.394 e. The highest BCUT2D eigenvalue weighted by atomic mass is 31.2. The first-order valence-corrected chi connectivity index (χ1v) is 9.17. The normalized spacial score (nSPS) is 15.5. The first-order chi connectivity index (χ1) is 10.5. The van der Waals surface area contributed by atoms with E-state index in [1.54, 1.807) is 6.08 Å². The molecule has 0 heterocycles. The molecule has 0 rings (SSSR count). The van der Waals surface area contributed by atoms with E-state index in [1.165, 1.54) is 12.8 Å². The van der Waals surface area contributed by atoms with Crippen LogP contribution in [-0.2, 0) is 9.05 Å². The van der Waals surface area contributed by atoms with Gasteiger partial charge in [0.2, 0.25) is 1.43 Å². The number of hydrogen-bond acceptors (Lipinski definition) is 4. The van der Waals surface area contributed by atoms with Crippen LogP contribution in [0.3, 0.4) is 0 Å². The molecule has 0 aliphatic rings. The Bertz CT molecular complexity index is 272. The van der Waals surface area contributed by atoms with Gasteiger partial charge < -0.3 is 14.2 Å². The van der Waals surface area contributed by atoms with Crippen molar-refractivity contribution in [2.24, 2.45) is 0 Å². The number of hydrogen-bond donors (Lipinski definition) is 1. The monoisotopic (exact) mass is 320 g/mol. The second kappa shape index (κ2) is 12.5. The Morgan fingerprint density at radius 2 is 1.95 bits per heavy atom. The first kappa shape index (κ1) is 19.1. The first-order valence-electron chi connectivity index (χ1n) is 8.45. The molecule has 0 aliphatic heterocycles. The second-order valence-electron chi connectivity index (χ2n) is 5.78. The molecular weight excluding hydrogens is 285 g/mol. The Morgan fingerprint density at radius 3 is 2.43 bits per heavy atom. The van der Waals surface area contributed by atoms with Crippen LogP contribution in [0.1, 0.15) is 60.3 Å². The maximum absolute atomic E-state index is 7.03. The molecule has 126 valence electrons. The van der Waals surface area contributed by atoms with Gasteiger partial charge in [-0.3, -0.25) is 0 Å². The Labute approximate surface area is 134 Å². The van der Waals surface area contributed by atoms with E-state index >= 15 is 0 Å². The van der Waals surface area contributed by atoms with Crippen molar-refractivity contribution in [3.63, 3.8) is 0 Å². The zero-order valence-corrected chi connectivity index (χ0v) is 15.3. The summed E-state index contributed by atoms with van der Waals surface area (Å²) in [5.41, 5.74) is 0. The minimum atomic E-state index is -1.18. The van der Waals surface area contributed by atoms with Crippen molar-refractivity contribution >= 4 is 8.53 Å². The molecule has 0 fully saturated rings. The van der Waals surface area contributed by atoms with Crippen LogP contribution in [0.25, 0.3) is 0 Å². The molecule has 21 heavy (non-hydrogen) atoms. The minimum absolute atomic E-state index is 0.0972. The van der Waals surface area contributed by atoms with Crippen molar-refractivity contribution in [2.75, 3.05) is 13.2 Å². The van der Waals surface area contributed by atoms with Crippen molar-refractivity contribution in [3.8, 4) is 0 Å². The molecule has 0 amide bonds. The van der Waals surface area contributed by atoms with Gasteiger partial charge in [-0.05, 0) is 34.1 Å². The van der Waals surface area contributed by atoms with Crippen molar-refractivity contribution in [1.82, 2.24) is 4.67 Å². The number of aliphatic hydroxyl groups excluding tert-OH is 1. The Balaban J connectivity index is 4.83. The largest absolute Gasteiger partial charge is 0.394 e. The lowest BCUT2D eigenvalue weighted by Gasteiger charge is -2.37. The van der Waals surface area contributed by atoms with Gasteiger partial charge in [0.15, 0.2) is 0 Å². The Kier molecular flexibility index (Phi) is 11.4. The van der Waals surface area contributed by atoms with Crippen LogP contribution in [-0.4, -0.2) is 42.6 Å². The van der Waals surface area contributed by atoms with Gasteiger partial charge in [0, 0.05) is 12.1 Å². The van der Waals surface area contributed by atoms with Crippen LogP contribution in [0.15, 0.2) is 12.7 Å². The molecule has 1 unspecified atom stereocenters. The van der Waals surface area contributed by atoms with E-state index in [0.29, 0.717) is 18.7 Å². The molecule has 0 bridgehead atoms. The highest BCUT2D eigenvalue weighted by Gasteiger charge is 2.29. The quantitative estimate of drug-likeness (QED) is 0.291. The predicted molar refractivity (Wildman–Crippen MR) is 91.3 cm³/mol. The summed E-state index contributed by atoms with van der Waals surface area (Å²) < 4.78 is 21.4. The van der Waals surface area contributed by atoms with Crippen molar-refractivity contribution in [1.29, 1.82) is 1.43 Å². The maximum atomic E-state index is 7.03. The summed E-state index contributed by atoms with van der Waals surface area (Å²) in [6, 6.07) is 0.647. The summed E-state index contributed by atoms with van der Waals surface area (Å²) in [6.45, 7) is 15.2. The third kappa shape index (κ3) is 8.90. The molecule has 0 aliphatic carbocycles. The lowest BCUT2D eigenvalue weighted by Crippen LogP contribution is -2.35. The third-order valence-corrected chi connectivity index (χ3v) is 5.25. The number of unbranched alkanes of at least 4 members (excludes halogenated alkanes) is 2. The summed E-state index contributed by atoms with van der Waals surface area (Å²) in [7, 11) is -1.18. The van der Waals surface area contributed by atoms with Crippen LogP contribution in [0.2, 0.25) is 0 Å². The molecule has 0 saturated carbocycles. The molecule has 2 atom stereocenters. The number of aliphatic hydroxyl groups is 1. The topological polar surface area (TPSA) is 41.9 Å². The van der Waals surface area contributed by atoms with Gasteiger partial charge in [-0.15, -0.1) is 6.58 Å². The lowest BCUT2D eigenvalue weighted by atomic mass is 10.1. The lowest BCUT2D eigenvalue weighted by molar-refractivity contribution is 0.0807. The van der Waals surface area contributed by atoms with E-state index < -0.39 is 8.53 Å². The van der Waals surface area contributed by atoms with E-state index in [4.69, 9.17) is 10.5 Å². The molecule has 5 heteroatoms. The smallest absolute Gasteiger partial charge is 0.259 e. The van der Waals surface area contributed by atoms with Crippen LogP contribution in [0.4, 0.5) is 0 Å². The fraction of sp³-hybridized carbons (Fsp3) is 0.875. The Morgan fingerprint density at radius 1 is 1.29 bits per heavy atom. The van der Waals surface area contributed by atoms with Crippen LogP contribution >= 0.6 is 8.53 Å². The maximum Gasteiger partial charge on any atom is 0.259 e. The highest BCUT2D eigenvalue weighted by Crippen LogP contribution is 2.47. The molecule has 0 spiro atoms. The summed E-state index contributed by atoms with van der Waals surface area (Å²) in [4.78, 5) is 0. The molecule has 0 radical (unpaired) electrons. The summed E-state index contributed by atoms with van der Waals surface area (Å²) >= 11 is 0. The van der Waals surface area contributed by atoms with E-state index in [2.05, 4.69) is 51.0 Å². The summed E-state index contributed by atoms with van der Waals surface area (Å²) in [6.07, 6.45) is 5.96. The summed E-state index contributed by atoms with van der Waals surface area (Å²) in [5, 5.41) is 4.58. The fourth-order valence-corrected chi connectivity index (χ4v) is 3.87. The van der Waals surface area contributed by atoms with E-state index in [9.17, 15) is 0 Å². The average molecular weight is 320 g/mol. The van der Waals surface area contributed by atoms with Gasteiger partial charge in [-0.25, -0.2) is 4.67 Å². The SMILES string of the molecule is [2H]OC[C@H](CCCCC)OP(OCC=C)N(C(C)C)C(C)C. The van der Waals surface area contributed by atoms with Crippen LogP contribution in [0, 0.1) is 0 Å². The van der Waals surface area contributed by atoms with Gasteiger partial charge in [-0.2, -0.15) is 0 Å². The molecule has 0 aromatic carbocycles. The molecule has 0 saturated heterocycles. The summed E-state index contributed by atoms with van der Waals surface area (Å²) in [5.74, 6) is 0. The molecule has 4 nitrogen and oxygen atoms in total. The van der Waals surface area contributed by atoms with E-state index in [1.807, 2.05) is 0 Å². The van der Waals surface area contributed by atoms with E-state index in [0.717, 1.165) is 12.8 Å². The zero-order valence-electron chi connectivity index (χ0n) is 15.4. The zero-order chi connectivity index (χ0) is 17.0. The molecule has 0 aromatic heterocycles. The van der Waals surface area contributed by atoms with Crippen molar-refractivity contribution in [3.05, 3.63) is 12.7 Å². The fourth-order valence-electron chi connectivity index (χ4n) is 2.16. The van der Waals surface area contributed by atoms with Gasteiger partial charge in [0.1, 0.15) is 0 Å². The van der Waals surface area contributed by atoms with Gasteiger partial charge >= 0.3 is 0 Å². The standard InChI is InChI=1S/C16H34NO3P/c1-7-9-10-11-16(13-18)20-21(19-12-8-2)17(14(3)4)15(5)6/h8,14-16,18H,2,7,9-13H2,1,3-6H3/t16-,21?/m0/s1/i18D. The molecular formula is C16H34NO3P. The second-order valence-corrected chi connectivity index (χ2v) is 7.19. The van der Waals surface area contributed by atoms with Crippen LogP contribution < -0.4 is 0 Å². The number of nitrogens with zero attached hydrogens (tertiary/aromatic N) is 1. The number of rotatable bonds is 14. The predicted octanol–water partition coefficient (Wildman–Crippen LogP) is 4.49. The Hall–Kier alpha value is 0.01000. The van der Waals surface area contributed by atoms with Gasteiger partial charge in [0.25, 0.3) is 8.53 Å². The third-order valence-electron chi connectivity index (χ3n) is 3.10. The molecule has 1 N–H and O–H groups in total. The van der Waals surface area contributed by atoms with Crippen molar-refractivity contribution in [2.45, 2.75) is 78.5 Å². The van der Waals surface area contributed by atoms with Crippen molar-refractivity contribution < 1.29 is 14.2 Å².